The summed E-state index contributed by atoms with van der Waals surface area (Å²) < 4.78 is 1.76. The number of aryl methyl sites for hydroxylation is 2. The summed E-state index contributed by atoms with van der Waals surface area (Å²) in [6, 6.07) is 5.30. The minimum atomic E-state index is -0.159. The van der Waals surface area contributed by atoms with E-state index in [1.807, 2.05) is 26.2 Å². The van der Waals surface area contributed by atoms with Gasteiger partial charge in [0.05, 0.1) is 21.8 Å². The first-order chi connectivity index (χ1) is 8.52. The molecule has 0 aliphatic heterocycles. The van der Waals surface area contributed by atoms with Crippen molar-refractivity contribution in [2.24, 2.45) is 12.9 Å². The van der Waals surface area contributed by atoms with Crippen LogP contribution in [-0.2, 0) is 7.05 Å². The molecule has 0 fully saturated rings. The second-order valence-corrected chi connectivity index (χ2v) is 4.93. The zero-order valence-electron chi connectivity index (χ0n) is 10.1. The summed E-state index contributed by atoms with van der Waals surface area (Å²) in [5, 5.41) is 5.34. The molecule has 1 atom stereocenters. The Morgan fingerprint density at radius 3 is 2.56 bits per heavy atom. The lowest BCUT2D eigenvalue weighted by atomic mass is 10.0. The average Bonchev–Trinajstić information content (AvgIpc) is 2.64. The van der Waals surface area contributed by atoms with E-state index >= 15 is 0 Å². The van der Waals surface area contributed by atoms with Crippen molar-refractivity contribution in [3.05, 3.63) is 51.3 Å². The number of halogens is 2. The summed E-state index contributed by atoms with van der Waals surface area (Å²) in [5.74, 6) is 5.64. The second-order valence-electron chi connectivity index (χ2n) is 4.12. The fourth-order valence-corrected chi connectivity index (χ4v) is 2.27. The molecule has 1 unspecified atom stereocenters. The lowest BCUT2D eigenvalue weighted by Crippen LogP contribution is -2.29. The molecular formula is C12H14Cl2N4. The minimum absolute atomic E-state index is 0.159. The molecule has 96 valence electrons. The maximum atomic E-state index is 6.03. The summed E-state index contributed by atoms with van der Waals surface area (Å²) >= 11 is 11.9. The molecule has 18 heavy (non-hydrogen) atoms. The van der Waals surface area contributed by atoms with Gasteiger partial charge in [-0.25, -0.2) is 5.43 Å². The van der Waals surface area contributed by atoms with Gasteiger partial charge in [-0.05, 0) is 24.6 Å². The molecule has 2 aromatic rings. The zero-order valence-corrected chi connectivity index (χ0v) is 11.6. The first kappa shape index (κ1) is 13.4. The van der Waals surface area contributed by atoms with Crippen LogP contribution >= 0.6 is 23.2 Å². The van der Waals surface area contributed by atoms with Crippen molar-refractivity contribution in [1.82, 2.24) is 15.2 Å². The molecule has 0 aliphatic carbocycles. The first-order valence-electron chi connectivity index (χ1n) is 5.44. The summed E-state index contributed by atoms with van der Waals surface area (Å²) in [6.45, 7) is 1.94. The van der Waals surface area contributed by atoms with Crippen LogP contribution in [0.4, 0.5) is 0 Å². The standard InChI is InChI=1S/C12H14Cl2N4/c1-7-9(6-18(2)17-7)12(16-15)8-3-4-10(13)11(14)5-8/h3-6,12,16H,15H2,1-2H3. The van der Waals surface area contributed by atoms with E-state index in [2.05, 4.69) is 10.5 Å². The van der Waals surface area contributed by atoms with Crippen LogP contribution in [0.3, 0.4) is 0 Å². The predicted octanol–water partition coefficient (Wildman–Crippen LogP) is 2.59. The van der Waals surface area contributed by atoms with Crippen molar-refractivity contribution in [2.75, 3.05) is 0 Å². The van der Waals surface area contributed by atoms with Gasteiger partial charge in [-0.2, -0.15) is 5.10 Å². The van der Waals surface area contributed by atoms with E-state index in [0.29, 0.717) is 10.0 Å². The number of aromatic nitrogens is 2. The molecule has 0 saturated heterocycles. The van der Waals surface area contributed by atoms with E-state index in [-0.39, 0.29) is 6.04 Å². The number of rotatable bonds is 3. The van der Waals surface area contributed by atoms with E-state index in [0.717, 1.165) is 16.8 Å². The van der Waals surface area contributed by atoms with E-state index < -0.39 is 0 Å². The van der Waals surface area contributed by atoms with Crippen molar-refractivity contribution >= 4 is 23.2 Å². The van der Waals surface area contributed by atoms with Crippen molar-refractivity contribution in [3.63, 3.8) is 0 Å². The van der Waals surface area contributed by atoms with Crippen molar-refractivity contribution in [3.8, 4) is 0 Å². The highest BCUT2D eigenvalue weighted by atomic mass is 35.5. The molecule has 0 bridgehead atoms. The summed E-state index contributed by atoms with van der Waals surface area (Å²) in [4.78, 5) is 0. The SMILES string of the molecule is Cc1nn(C)cc1C(NN)c1ccc(Cl)c(Cl)c1. The van der Waals surface area contributed by atoms with E-state index in [1.54, 1.807) is 16.8 Å². The van der Waals surface area contributed by atoms with E-state index in [4.69, 9.17) is 29.0 Å². The topological polar surface area (TPSA) is 55.9 Å². The number of nitrogens with zero attached hydrogens (tertiary/aromatic N) is 2. The third-order valence-electron chi connectivity index (χ3n) is 2.81. The van der Waals surface area contributed by atoms with Crippen LogP contribution in [0.1, 0.15) is 22.9 Å². The number of hydrogen-bond donors (Lipinski definition) is 2. The van der Waals surface area contributed by atoms with Crippen LogP contribution < -0.4 is 11.3 Å². The van der Waals surface area contributed by atoms with Gasteiger partial charge in [0, 0.05) is 18.8 Å². The van der Waals surface area contributed by atoms with Gasteiger partial charge >= 0.3 is 0 Å². The Morgan fingerprint density at radius 2 is 2.06 bits per heavy atom. The Balaban J connectivity index is 2.45. The molecule has 0 amide bonds. The average molecular weight is 285 g/mol. The maximum absolute atomic E-state index is 6.03. The van der Waals surface area contributed by atoms with Crippen molar-refractivity contribution in [1.29, 1.82) is 0 Å². The molecule has 0 saturated carbocycles. The molecule has 3 N–H and O–H groups in total. The number of benzene rings is 1. The number of hydrazine groups is 1. The molecule has 2 rings (SSSR count). The van der Waals surface area contributed by atoms with Gasteiger partial charge in [-0.1, -0.05) is 29.3 Å². The van der Waals surface area contributed by atoms with Crippen LogP contribution in [0.5, 0.6) is 0 Å². The third-order valence-corrected chi connectivity index (χ3v) is 3.55. The molecule has 0 spiro atoms. The lowest BCUT2D eigenvalue weighted by Gasteiger charge is -2.16. The van der Waals surface area contributed by atoms with Gasteiger partial charge < -0.3 is 0 Å². The molecule has 1 heterocycles. The number of nitrogens with two attached hydrogens (primary N) is 1. The maximum Gasteiger partial charge on any atom is 0.0743 e. The molecule has 6 heteroatoms. The van der Waals surface area contributed by atoms with Crippen LogP contribution in [0.2, 0.25) is 10.0 Å². The molecule has 1 aromatic carbocycles. The highest BCUT2D eigenvalue weighted by Crippen LogP contribution is 2.29. The summed E-state index contributed by atoms with van der Waals surface area (Å²) in [5.41, 5.74) is 5.66. The molecule has 1 aromatic heterocycles. The van der Waals surface area contributed by atoms with Gasteiger partial charge in [-0.3, -0.25) is 10.5 Å². The Morgan fingerprint density at radius 1 is 1.33 bits per heavy atom. The van der Waals surface area contributed by atoms with Gasteiger partial charge in [-0.15, -0.1) is 0 Å². The normalized spacial score (nSPS) is 12.7. The first-order valence-corrected chi connectivity index (χ1v) is 6.19. The zero-order chi connectivity index (χ0) is 13.3. The number of nitrogens with one attached hydrogen (secondary N) is 1. The smallest absolute Gasteiger partial charge is 0.0743 e. The summed E-state index contributed by atoms with van der Waals surface area (Å²) in [6.07, 6.45) is 1.93. The molecule has 4 nitrogen and oxygen atoms in total. The minimum Gasteiger partial charge on any atom is -0.275 e. The Hall–Kier alpha value is -1.07. The molecular weight excluding hydrogens is 271 g/mol. The second kappa shape index (κ2) is 5.28. The fraction of sp³-hybridized carbons (Fsp3) is 0.250. The predicted molar refractivity (Wildman–Crippen MR) is 73.6 cm³/mol. The fourth-order valence-electron chi connectivity index (χ4n) is 1.96. The van der Waals surface area contributed by atoms with E-state index in [1.165, 1.54) is 0 Å². The Bertz CT molecular complexity index is 565. The van der Waals surface area contributed by atoms with Crippen LogP contribution in [0.15, 0.2) is 24.4 Å². The van der Waals surface area contributed by atoms with Crippen LogP contribution in [0.25, 0.3) is 0 Å². The van der Waals surface area contributed by atoms with Gasteiger partial charge in [0.2, 0.25) is 0 Å². The summed E-state index contributed by atoms with van der Waals surface area (Å²) in [7, 11) is 1.87. The van der Waals surface area contributed by atoms with Gasteiger partial charge in [0.25, 0.3) is 0 Å². The largest absolute Gasteiger partial charge is 0.275 e. The highest BCUT2D eigenvalue weighted by molar-refractivity contribution is 6.42. The van der Waals surface area contributed by atoms with Crippen LogP contribution in [0, 0.1) is 6.92 Å². The Labute approximate surface area is 116 Å². The van der Waals surface area contributed by atoms with Crippen LogP contribution in [-0.4, -0.2) is 9.78 Å². The molecule has 0 radical (unpaired) electrons. The monoisotopic (exact) mass is 284 g/mol. The van der Waals surface area contributed by atoms with Gasteiger partial charge in [0.1, 0.15) is 0 Å². The third kappa shape index (κ3) is 2.52. The molecule has 0 aliphatic rings. The van der Waals surface area contributed by atoms with Crippen molar-refractivity contribution in [2.45, 2.75) is 13.0 Å². The highest BCUT2D eigenvalue weighted by Gasteiger charge is 2.18. The quantitative estimate of drug-likeness (QED) is 0.673. The van der Waals surface area contributed by atoms with Crippen molar-refractivity contribution < 1.29 is 0 Å². The Kier molecular flexibility index (Phi) is 3.92. The lowest BCUT2D eigenvalue weighted by molar-refractivity contribution is 0.633. The van der Waals surface area contributed by atoms with E-state index in [9.17, 15) is 0 Å². The number of hydrogen-bond acceptors (Lipinski definition) is 3. The van der Waals surface area contributed by atoms with Gasteiger partial charge in [0.15, 0.2) is 0 Å².